The molecule has 0 amide bonds. The van der Waals surface area contributed by atoms with E-state index >= 15 is 0 Å². The lowest BCUT2D eigenvalue weighted by atomic mass is 9.76. The number of para-hydroxylation sites is 3. The lowest BCUT2D eigenvalue weighted by Gasteiger charge is -2.30. The number of benzene rings is 14. The van der Waals surface area contributed by atoms with Gasteiger partial charge >= 0.3 is 0 Å². The number of thiocarbonyl (C=S) groups is 1. The first-order valence-electron chi connectivity index (χ1n) is 31.5. The first kappa shape index (κ1) is 59.6. The van der Waals surface area contributed by atoms with Crippen molar-refractivity contribution in [1.82, 2.24) is 0 Å². The second-order valence-corrected chi connectivity index (χ2v) is 27.7. The lowest BCUT2D eigenvalue weighted by Crippen LogP contribution is -2.18. The highest BCUT2D eigenvalue weighted by atomic mass is 32.2. The van der Waals surface area contributed by atoms with Gasteiger partial charge in [0, 0.05) is 44.7 Å². The molecule has 3 unspecified atom stereocenters. The maximum absolute atomic E-state index is 11.3. The number of thioether (sulfide) groups is 2. The summed E-state index contributed by atoms with van der Waals surface area (Å²) in [7, 11) is 0. The van der Waals surface area contributed by atoms with E-state index < -0.39 is 5.41 Å². The predicted molar refractivity (Wildman–Crippen MR) is 400 cm³/mol. The van der Waals surface area contributed by atoms with E-state index in [0.29, 0.717) is 19.3 Å². The molecule has 0 fully saturated rings. The molecule has 14 rings (SSSR count). The van der Waals surface area contributed by atoms with Crippen LogP contribution in [0.2, 0.25) is 0 Å². The minimum absolute atomic E-state index is 0.0746. The van der Waals surface area contributed by atoms with Crippen molar-refractivity contribution in [3.8, 4) is 34.4 Å². The van der Waals surface area contributed by atoms with Gasteiger partial charge in [-0.15, -0.1) is 11.8 Å². The van der Waals surface area contributed by atoms with Gasteiger partial charge in [-0.05, 0) is 193 Å². The zero-order valence-corrected chi connectivity index (χ0v) is 54.0. The molecule has 0 saturated heterocycles. The third-order valence-electron chi connectivity index (χ3n) is 18.3. The number of nitrogens with zero attached hydrogens (tertiary/aromatic N) is 4. The highest BCUT2D eigenvalue weighted by Crippen LogP contribution is 2.51. The van der Waals surface area contributed by atoms with E-state index in [-0.39, 0.29) is 17.1 Å². The highest BCUT2D eigenvalue weighted by Gasteiger charge is 2.31. The Morgan fingerprint density at radius 3 is 1.32 bits per heavy atom. The number of rotatable bonds is 17. The van der Waals surface area contributed by atoms with Crippen LogP contribution in [0.4, 0.5) is 34.1 Å². The summed E-state index contributed by atoms with van der Waals surface area (Å²) in [5.41, 5.74) is 12.8. The van der Waals surface area contributed by atoms with Crippen LogP contribution in [0.5, 0.6) is 0 Å². The molecule has 0 aromatic heterocycles. The van der Waals surface area contributed by atoms with Gasteiger partial charge in [0.1, 0.15) is 3.53 Å². The normalized spacial score (nSPS) is 12.6. The summed E-state index contributed by atoms with van der Waals surface area (Å²) < 4.78 is 0.840. The van der Waals surface area contributed by atoms with Gasteiger partial charge in [-0.25, -0.2) is 0 Å². The summed E-state index contributed by atoms with van der Waals surface area (Å²) in [6.07, 6.45) is 3.81. The van der Waals surface area contributed by atoms with Gasteiger partial charge in [0.15, 0.2) is 0 Å². The van der Waals surface area contributed by atoms with Gasteiger partial charge in [0.05, 0.1) is 28.9 Å². The molecular weight excluding hydrogens is 1170 g/mol. The van der Waals surface area contributed by atoms with E-state index in [0.717, 1.165) is 81.3 Å². The van der Waals surface area contributed by atoms with Crippen molar-refractivity contribution in [1.29, 1.82) is 10.5 Å². The van der Waals surface area contributed by atoms with E-state index in [1.807, 2.05) is 20.1 Å². The SMILES string of the molecule is CSC(=S)SC(CC(C#N)CC(CC(C)(C)C#N)c1ccc(N(c2ccccc2)c2cc3c4ccccc4c(N(c4ccccc4)c4ccccc4)cc3c3ccccc23)cc1)c1ccc(-c2c3ccccc3c(-c3cccc4ccccc34)c3ccccc23)cc1. The number of hydrogen-bond acceptors (Lipinski definition) is 7. The van der Waals surface area contributed by atoms with Gasteiger partial charge in [0.25, 0.3) is 0 Å². The Morgan fingerprint density at radius 2 is 0.837 bits per heavy atom. The van der Waals surface area contributed by atoms with Gasteiger partial charge in [-0.3, -0.25) is 0 Å². The molecule has 14 aromatic rings. The zero-order valence-electron chi connectivity index (χ0n) is 51.6. The van der Waals surface area contributed by atoms with Crippen LogP contribution in [0, 0.1) is 34.0 Å². The Kier molecular flexibility index (Phi) is 16.9. The predicted octanol–water partition coefficient (Wildman–Crippen LogP) is 24.9. The van der Waals surface area contributed by atoms with Crippen LogP contribution in [-0.4, -0.2) is 9.78 Å². The summed E-state index contributed by atoms with van der Waals surface area (Å²) in [5.74, 6) is -0.418. The molecule has 444 valence electrons. The van der Waals surface area contributed by atoms with Gasteiger partial charge < -0.3 is 9.80 Å². The molecule has 4 nitrogen and oxygen atoms in total. The molecule has 7 heteroatoms. The van der Waals surface area contributed by atoms with Crippen molar-refractivity contribution >= 4 is 138 Å². The Hall–Kier alpha value is -9.99. The molecular formula is C85H66N4S3. The molecule has 92 heavy (non-hydrogen) atoms. The van der Waals surface area contributed by atoms with E-state index in [1.165, 1.54) is 54.4 Å². The summed E-state index contributed by atoms with van der Waals surface area (Å²) >= 11 is 9.24. The smallest absolute Gasteiger partial charge is 0.104 e. The number of anilines is 6. The molecule has 0 radical (unpaired) electrons. The summed E-state index contributed by atoms with van der Waals surface area (Å²) in [6.45, 7) is 4.04. The molecule has 0 N–H and O–H groups in total. The minimum atomic E-state index is -0.642. The summed E-state index contributed by atoms with van der Waals surface area (Å²) in [5, 5.41) is 36.1. The van der Waals surface area contributed by atoms with Crippen LogP contribution >= 0.6 is 35.7 Å². The molecule has 0 aliphatic rings. The average molecular weight is 1240 g/mol. The van der Waals surface area contributed by atoms with E-state index in [9.17, 15) is 10.5 Å². The molecule has 0 spiro atoms. The maximum Gasteiger partial charge on any atom is 0.104 e. The molecule has 14 aromatic carbocycles. The first-order chi connectivity index (χ1) is 45.2. The first-order valence-corrected chi connectivity index (χ1v) is 34.0. The quantitative estimate of drug-likeness (QED) is 0.0511. The Balaban J connectivity index is 0.810. The van der Waals surface area contributed by atoms with Crippen molar-refractivity contribution in [3.63, 3.8) is 0 Å². The van der Waals surface area contributed by atoms with Crippen LogP contribution in [0.25, 0.3) is 86.9 Å². The van der Waals surface area contributed by atoms with Crippen LogP contribution in [0.15, 0.2) is 291 Å². The fourth-order valence-corrected chi connectivity index (χ4v) is 16.0. The van der Waals surface area contributed by atoms with Crippen molar-refractivity contribution < 1.29 is 0 Å². The van der Waals surface area contributed by atoms with Gasteiger partial charge in [-0.2, -0.15) is 10.5 Å². The molecule has 0 heterocycles. The van der Waals surface area contributed by atoms with Crippen molar-refractivity contribution in [2.24, 2.45) is 11.3 Å². The maximum atomic E-state index is 11.3. The van der Waals surface area contributed by atoms with Gasteiger partial charge in [-0.1, -0.05) is 255 Å². The standard InChI is InChI=1S/C85H66N4S3/c1-85(2,56-87)54-62(50-57(55-86)51-81(92-84(90)91-3)60-42-44-61(45-43-60)82-73-37-19-21-39-75(73)83(76-40-22-20-38-74(76)82)72-41-23-25-59-24-13-14-32-67(59)72)58-46-48-66(49-47-58)89(65-30-11-6-12-31-65)80-53-78-68-33-15-17-35-70(68)79(52-77(78)69-34-16-18-36-71(69)80)88(63-26-7-4-8-27-63)64-28-9-5-10-29-64/h4-49,52-53,57,62,81H,50-51,54H2,1-3H3. The molecule has 0 aliphatic carbocycles. The van der Waals surface area contributed by atoms with Crippen molar-refractivity contribution in [2.75, 3.05) is 16.1 Å². The topological polar surface area (TPSA) is 54.1 Å². The lowest BCUT2D eigenvalue weighted by molar-refractivity contribution is 0.360. The molecule has 0 saturated carbocycles. The number of hydrogen-bond donors (Lipinski definition) is 0. The van der Waals surface area contributed by atoms with Crippen LogP contribution in [-0.2, 0) is 0 Å². The minimum Gasteiger partial charge on any atom is -0.310 e. The molecule has 0 bridgehead atoms. The number of nitriles is 2. The highest BCUT2D eigenvalue weighted by molar-refractivity contribution is 8.47. The Morgan fingerprint density at radius 1 is 0.424 bits per heavy atom. The third-order valence-corrected chi connectivity index (χ3v) is 21.1. The summed E-state index contributed by atoms with van der Waals surface area (Å²) in [6, 6.07) is 111. The average Bonchev–Trinajstić information content (AvgIpc) is 0.759. The monoisotopic (exact) mass is 1240 g/mol. The van der Waals surface area contributed by atoms with Crippen molar-refractivity contribution in [3.05, 3.63) is 302 Å². The number of fused-ring (bicyclic) bond motifs is 8. The van der Waals surface area contributed by atoms with E-state index in [1.54, 1.807) is 23.5 Å². The second kappa shape index (κ2) is 26.1. The fourth-order valence-electron chi connectivity index (χ4n) is 14.0. The van der Waals surface area contributed by atoms with Crippen LogP contribution < -0.4 is 9.80 Å². The van der Waals surface area contributed by atoms with Crippen LogP contribution in [0.1, 0.15) is 55.4 Å². The second-order valence-electron chi connectivity index (χ2n) is 24.5. The van der Waals surface area contributed by atoms with E-state index in [4.69, 9.17) is 12.2 Å². The van der Waals surface area contributed by atoms with Crippen molar-refractivity contribution in [2.45, 2.75) is 44.3 Å². The largest absolute Gasteiger partial charge is 0.310 e. The van der Waals surface area contributed by atoms with E-state index in [2.05, 4.69) is 313 Å². The van der Waals surface area contributed by atoms with Crippen LogP contribution in [0.3, 0.4) is 0 Å². The molecule has 0 aliphatic heterocycles. The Bertz CT molecular complexity index is 5030. The van der Waals surface area contributed by atoms with Gasteiger partial charge in [0.2, 0.25) is 0 Å². The fraction of sp³-hybridized carbons (Fsp3) is 0.118. The summed E-state index contributed by atoms with van der Waals surface area (Å²) in [4.78, 5) is 4.76. The zero-order chi connectivity index (χ0) is 62.7. The Labute approximate surface area is 553 Å². The third kappa shape index (κ3) is 11.7. The molecule has 3 atom stereocenters.